The number of nitrogens with zero attached hydrogens (tertiary/aromatic N) is 3. The van der Waals surface area contributed by atoms with Gasteiger partial charge >= 0.3 is 0 Å². The summed E-state index contributed by atoms with van der Waals surface area (Å²) in [6, 6.07) is 10.9. The molecule has 0 spiro atoms. The maximum absolute atomic E-state index is 10.8. The number of nitrogens with two attached hydrogens (primary N) is 1. The van der Waals surface area contributed by atoms with Crippen LogP contribution in [0.4, 0.5) is 0 Å². The van der Waals surface area contributed by atoms with Crippen LogP contribution in [0, 0.1) is 0 Å². The second kappa shape index (κ2) is 8.25. The Labute approximate surface area is 163 Å². The van der Waals surface area contributed by atoms with Crippen molar-refractivity contribution in [1.29, 1.82) is 0 Å². The first-order chi connectivity index (χ1) is 12.9. The number of aliphatic hydroxyl groups is 1. The fourth-order valence-electron chi connectivity index (χ4n) is 3.16. The molecule has 6 nitrogen and oxygen atoms in total. The first-order valence-electron chi connectivity index (χ1n) is 9.10. The summed E-state index contributed by atoms with van der Waals surface area (Å²) in [4.78, 5) is 4.29. The van der Waals surface area contributed by atoms with Gasteiger partial charge in [-0.25, -0.2) is 0 Å². The first kappa shape index (κ1) is 19.6. The van der Waals surface area contributed by atoms with Crippen molar-refractivity contribution in [3.8, 4) is 5.88 Å². The van der Waals surface area contributed by atoms with Gasteiger partial charge in [-0.3, -0.25) is 4.68 Å². The van der Waals surface area contributed by atoms with Crippen LogP contribution in [0.3, 0.4) is 0 Å². The second-order valence-corrected chi connectivity index (χ2v) is 7.23. The number of fused-ring (bicyclic) bond motifs is 1. The third-order valence-electron chi connectivity index (χ3n) is 4.75. The molecular formula is C20H25ClN4O2. The van der Waals surface area contributed by atoms with Crippen LogP contribution in [0.25, 0.3) is 10.9 Å². The zero-order valence-corrected chi connectivity index (χ0v) is 16.4. The molecule has 3 aromatic rings. The molecule has 0 bridgehead atoms. The number of pyridine rings is 1. The number of hydrogen-bond acceptors (Lipinski definition) is 5. The number of aryl methyl sites for hydroxylation is 1. The van der Waals surface area contributed by atoms with Gasteiger partial charge in [0.1, 0.15) is 10.7 Å². The molecule has 0 aliphatic rings. The third-order valence-corrected chi connectivity index (χ3v) is 4.94. The minimum Gasteiger partial charge on any atom is -0.476 e. The summed E-state index contributed by atoms with van der Waals surface area (Å²) in [6.45, 7) is 4.87. The van der Waals surface area contributed by atoms with E-state index in [4.69, 9.17) is 22.1 Å². The molecule has 0 saturated heterocycles. The largest absolute Gasteiger partial charge is 0.476 e. The third kappa shape index (κ3) is 4.40. The van der Waals surface area contributed by atoms with E-state index in [2.05, 4.69) is 10.1 Å². The summed E-state index contributed by atoms with van der Waals surface area (Å²) in [5.74, 6) is 0.462. The number of halogens is 1. The van der Waals surface area contributed by atoms with Gasteiger partial charge in [-0.2, -0.15) is 10.1 Å². The normalized spacial score (nSPS) is 14.9. The molecule has 0 radical (unpaired) electrons. The van der Waals surface area contributed by atoms with Gasteiger partial charge in [0.05, 0.1) is 24.4 Å². The number of ether oxygens (including phenoxy) is 1. The van der Waals surface area contributed by atoms with Crippen molar-refractivity contribution < 1.29 is 9.84 Å². The van der Waals surface area contributed by atoms with Crippen LogP contribution in [0.1, 0.15) is 38.3 Å². The summed E-state index contributed by atoms with van der Waals surface area (Å²) in [5.41, 5.74) is 6.96. The zero-order chi connectivity index (χ0) is 19.4. The quantitative estimate of drug-likeness (QED) is 0.453. The molecular weight excluding hydrogens is 364 g/mol. The van der Waals surface area contributed by atoms with Crippen LogP contribution in [-0.2, 0) is 6.54 Å². The molecule has 2 atom stereocenters. The minimum atomic E-state index is -1.03. The van der Waals surface area contributed by atoms with E-state index >= 15 is 0 Å². The summed E-state index contributed by atoms with van der Waals surface area (Å²) >= 11 is 6.09. The predicted molar refractivity (Wildman–Crippen MR) is 107 cm³/mol. The number of benzene rings is 1. The number of hydrogen-bond donors (Lipinski definition) is 2. The highest BCUT2D eigenvalue weighted by Crippen LogP contribution is 2.29. The van der Waals surface area contributed by atoms with Gasteiger partial charge in [-0.05, 0) is 38.3 Å². The van der Waals surface area contributed by atoms with Gasteiger partial charge < -0.3 is 15.6 Å². The molecule has 3 N–H and O–H groups in total. The average molecular weight is 389 g/mol. The van der Waals surface area contributed by atoms with E-state index < -0.39 is 11.6 Å². The highest BCUT2D eigenvalue weighted by atomic mass is 35.5. The Kier molecular flexibility index (Phi) is 5.99. The topological polar surface area (TPSA) is 86.2 Å². The van der Waals surface area contributed by atoms with Crippen LogP contribution in [0.15, 0.2) is 42.6 Å². The highest BCUT2D eigenvalue weighted by Gasteiger charge is 2.29. The average Bonchev–Trinajstić information content (AvgIpc) is 3.08. The van der Waals surface area contributed by atoms with Crippen LogP contribution in [0.2, 0.25) is 5.15 Å². The summed E-state index contributed by atoms with van der Waals surface area (Å²) in [7, 11) is 0. The molecule has 27 heavy (non-hydrogen) atoms. The Morgan fingerprint density at radius 3 is 2.78 bits per heavy atom. The Morgan fingerprint density at radius 2 is 2.07 bits per heavy atom. The summed E-state index contributed by atoms with van der Waals surface area (Å²) in [6.07, 6.45) is 2.88. The molecule has 0 amide bonds. The summed E-state index contributed by atoms with van der Waals surface area (Å²) in [5, 5.41) is 16.3. The van der Waals surface area contributed by atoms with Gasteiger partial charge in [-0.15, -0.1) is 0 Å². The molecule has 0 fully saturated rings. The van der Waals surface area contributed by atoms with E-state index in [0.717, 1.165) is 16.5 Å². The first-order valence-corrected chi connectivity index (χ1v) is 9.48. The lowest BCUT2D eigenvalue weighted by atomic mass is 9.87. The van der Waals surface area contributed by atoms with E-state index in [1.165, 1.54) is 0 Å². The molecule has 0 aliphatic heterocycles. The minimum absolute atomic E-state index is 0.367. The van der Waals surface area contributed by atoms with Crippen LogP contribution >= 0.6 is 11.6 Å². The fourth-order valence-corrected chi connectivity index (χ4v) is 3.36. The molecule has 0 aliphatic carbocycles. The van der Waals surface area contributed by atoms with Gasteiger partial charge in [0.15, 0.2) is 0 Å². The van der Waals surface area contributed by atoms with Crippen molar-refractivity contribution in [2.75, 3.05) is 6.61 Å². The predicted octanol–water partition coefficient (Wildman–Crippen LogP) is 3.71. The molecule has 144 valence electrons. The zero-order valence-electron chi connectivity index (χ0n) is 15.6. The van der Waals surface area contributed by atoms with Crippen molar-refractivity contribution in [3.63, 3.8) is 0 Å². The Balaban J connectivity index is 1.63. The molecule has 2 unspecified atom stereocenters. The smallest absolute Gasteiger partial charge is 0.241 e. The maximum atomic E-state index is 10.8. The van der Waals surface area contributed by atoms with Crippen molar-refractivity contribution in [3.05, 3.63) is 53.3 Å². The Hall–Kier alpha value is -2.15. The van der Waals surface area contributed by atoms with Crippen molar-refractivity contribution >= 4 is 22.5 Å². The van der Waals surface area contributed by atoms with Crippen LogP contribution in [-0.4, -0.2) is 32.1 Å². The second-order valence-electron chi connectivity index (χ2n) is 6.85. The molecule has 2 aromatic heterocycles. The standard InChI is InChI=1S/C20H25ClN4O2/c1-3-25-17-15(13-23-25)12-16(21)24-19(17)27-11-7-10-20(2,26)18(22)14-8-5-4-6-9-14/h4-6,8-9,12-13,18,26H,3,7,10-11,22H2,1-2H3. The Bertz CT molecular complexity index is 896. The lowest BCUT2D eigenvalue weighted by Gasteiger charge is -2.30. The highest BCUT2D eigenvalue weighted by molar-refractivity contribution is 6.30. The molecule has 7 heteroatoms. The van der Waals surface area contributed by atoms with E-state index in [-0.39, 0.29) is 0 Å². The molecule has 2 heterocycles. The van der Waals surface area contributed by atoms with Crippen molar-refractivity contribution in [2.45, 2.75) is 44.9 Å². The van der Waals surface area contributed by atoms with Gasteiger partial charge in [0.2, 0.25) is 5.88 Å². The van der Waals surface area contributed by atoms with Crippen molar-refractivity contribution in [2.24, 2.45) is 5.73 Å². The van der Waals surface area contributed by atoms with Gasteiger partial charge in [-0.1, -0.05) is 41.9 Å². The Morgan fingerprint density at radius 1 is 1.33 bits per heavy atom. The fraction of sp³-hybridized carbons (Fsp3) is 0.400. The molecule has 3 rings (SSSR count). The van der Waals surface area contributed by atoms with E-state index in [0.29, 0.717) is 37.0 Å². The van der Waals surface area contributed by atoms with E-state index in [1.54, 1.807) is 19.2 Å². The lowest BCUT2D eigenvalue weighted by Crippen LogP contribution is -2.38. The van der Waals surface area contributed by atoms with Gasteiger partial charge in [0.25, 0.3) is 0 Å². The molecule has 0 saturated carbocycles. The van der Waals surface area contributed by atoms with Crippen LogP contribution in [0.5, 0.6) is 5.88 Å². The van der Waals surface area contributed by atoms with Crippen molar-refractivity contribution in [1.82, 2.24) is 14.8 Å². The maximum Gasteiger partial charge on any atom is 0.241 e. The monoisotopic (exact) mass is 388 g/mol. The van der Waals surface area contributed by atoms with Gasteiger partial charge in [0, 0.05) is 11.9 Å². The van der Waals surface area contributed by atoms with Crippen LogP contribution < -0.4 is 10.5 Å². The molecule has 1 aromatic carbocycles. The number of rotatable bonds is 8. The SMILES string of the molecule is CCn1ncc2cc(Cl)nc(OCCCC(C)(O)C(N)c3ccccc3)c21. The lowest BCUT2D eigenvalue weighted by molar-refractivity contribution is 0.0184. The van der Waals surface area contributed by atoms with E-state index in [9.17, 15) is 5.11 Å². The number of aromatic nitrogens is 3. The van der Waals surface area contributed by atoms with E-state index in [1.807, 2.05) is 41.9 Å². The summed E-state index contributed by atoms with van der Waals surface area (Å²) < 4.78 is 7.70.